The zero-order chi connectivity index (χ0) is 15.1. The van der Waals surface area contributed by atoms with Gasteiger partial charge in [0, 0.05) is 39.8 Å². The van der Waals surface area contributed by atoms with Gasteiger partial charge in [-0.2, -0.15) is 0 Å². The maximum atomic E-state index is 4.62. The summed E-state index contributed by atoms with van der Waals surface area (Å²) in [7, 11) is 0. The summed E-state index contributed by atoms with van der Waals surface area (Å²) in [6.07, 6.45) is 2.03. The lowest BCUT2D eigenvalue weighted by atomic mass is 10.1. The van der Waals surface area contributed by atoms with Crippen molar-refractivity contribution in [3.63, 3.8) is 0 Å². The summed E-state index contributed by atoms with van der Waals surface area (Å²) in [4.78, 5) is 12.8. The van der Waals surface area contributed by atoms with E-state index in [-0.39, 0.29) is 0 Å². The SMILES string of the molecule is CC(C)N=CC1=C(c2csc3ccccc23)N2CCN=C2S1. The number of hydrogen-bond donors (Lipinski definition) is 0. The molecule has 22 heavy (non-hydrogen) atoms. The fraction of sp³-hybridized carbons (Fsp3) is 0.294. The van der Waals surface area contributed by atoms with E-state index >= 15 is 0 Å². The van der Waals surface area contributed by atoms with E-state index in [0.29, 0.717) is 6.04 Å². The summed E-state index contributed by atoms with van der Waals surface area (Å²) in [6.45, 7) is 6.08. The summed E-state index contributed by atoms with van der Waals surface area (Å²) in [5.74, 6) is 0. The van der Waals surface area contributed by atoms with Crippen molar-refractivity contribution in [2.45, 2.75) is 19.9 Å². The summed E-state index contributed by atoms with van der Waals surface area (Å²) in [6, 6.07) is 8.92. The molecule has 0 amide bonds. The molecule has 0 N–H and O–H groups in total. The van der Waals surface area contributed by atoms with E-state index in [4.69, 9.17) is 0 Å². The summed E-state index contributed by atoms with van der Waals surface area (Å²) < 4.78 is 1.33. The number of amidine groups is 1. The van der Waals surface area contributed by atoms with Gasteiger partial charge in [0.25, 0.3) is 0 Å². The smallest absolute Gasteiger partial charge is 0.168 e. The standard InChI is InChI=1S/C17H17N3S2/c1-11(2)19-9-15-16(20-8-7-18-17(20)22-15)13-10-21-14-6-4-3-5-12(13)14/h3-6,9-11H,7-8H2,1-2H3. The molecule has 5 heteroatoms. The highest BCUT2D eigenvalue weighted by molar-refractivity contribution is 8.18. The Kier molecular flexibility index (Phi) is 3.54. The topological polar surface area (TPSA) is 28.0 Å². The second-order valence-corrected chi connectivity index (χ2v) is 7.57. The number of rotatable bonds is 3. The molecule has 2 aromatic rings. The molecule has 2 aliphatic heterocycles. The van der Waals surface area contributed by atoms with Gasteiger partial charge >= 0.3 is 0 Å². The largest absolute Gasteiger partial charge is 0.317 e. The maximum Gasteiger partial charge on any atom is 0.168 e. The first kappa shape index (κ1) is 14.0. The van der Waals surface area contributed by atoms with Crippen molar-refractivity contribution in [3.05, 3.63) is 40.1 Å². The van der Waals surface area contributed by atoms with Crippen LogP contribution in [-0.4, -0.2) is 35.4 Å². The number of hydrogen-bond acceptors (Lipinski definition) is 5. The Morgan fingerprint density at radius 3 is 3.05 bits per heavy atom. The summed E-state index contributed by atoms with van der Waals surface area (Å²) >= 11 is 3.56. The van der Waals surface area contributed by atoms with Gasteiger partial charge in [0.1, 0.15) is 0 Å². The van der Waals surface area contributed by atoms with Crippen LogP contribution in [0.2, 0.25) is 0 Å². The molecule has 0 bridgehead atoms. The van der Waals surface area contributed by atoms with E-state index in [1.165, 1.54) is 26.3 Å². The zero-order valence-corrected chi connectivity index (χ0v) is 14.2. The molecule has 4 rings (SSSR count). The van der Waals surface area contributed by atoms with E-state index < -0.39 is 0 Å². The van der Waals surface area contributed by atoms with Crippen LogP contribution in [0.4, 0.5) is 0 Å². The van der Waals surface area contributed by atoms with Crippen LogP contribution in [0.15, 0.2) is 44.5 Å². The number of thiophene rings is 1. The number of nitrogens with zero attached hydrogens (tertiary/aromatic N) is 3. The highest BCUT2D eigenvalue weighted by Gasteiger charge is 2.33. The lowest BCUT2D eigenvalue weighted by Crippen LogP contribution is -2.19. The molecular formula is C17H17N3S2. The number of allylic oxidation sites excluding steroid dienone is 1. The lowest BCUT2D eigenvalue weighted by Gasteiger charge is -2.16. The molecule has 0 fully saturated rings. The lowest BCUT2D eigenvalue weighted by molar-refractivity contribution is 0.650. The molecule has 0 unspecified atom stereocenters. The van der Waals surface area contributed by atoms with Gasteiger partial charge < -0.3 is 4.90 Å². The molecule has 3 nitrogen and oxygen atoms in total. The molecule has 0 saturated heterocycles. The predicted molar refractivity (Wildman–Crippen MR) is 99.0 cm³/mol. The molecule has 0 atom stereocenters. The molecule has 112 valence electrons. The highest BCUT2D eigenvalue weighted by atomic mass is 32.2. The Morgan fingerprint density at radius 2 is 2.18 bits per heavy atom. The van der Waals surface area contributed by atoms with Gasteiger partial charge in [-0.15, -0.1) is 11.3 Å². The number of benzene rings is 1. The second kappa shape index (κ2) is 5.56. The third-order valence-electron chi connectivity index (χ3n) is 3.73. The number of fused-ring (bicyclic) bond motifs is 2. The minimum Gasteiger partial charge on any atom is -0.317 e. The Labute approximate surface area is 138 Å². The second-order valence-electron chi connectivity index (χ2n) is 5.65. The van der Waals surface area contributed by atoms with E-state index in [2.05, 4.69) is 58.4 Å². The minimum absolute atomic E-state index is 0.311. The van der Waals surface area contributed by atoms with Gasteiger partial charge in [0.2, 0.25) is 0 Å². The maximum absolute atomic E-state index is 4.62. The van der Waals surface area contributed by atoms with Gasteiger partial charge in [-0.05, 0) is 31.7 Å². The van der Waals surface area contributed by atoms with Gasteiger partial charge in [-0.3, -0.25) is 9.98 Å². The first-order valence-electron chi connectivity index (χ1n) is 7.48. The molecule has 3 heterocycles. The third-order valence-corrected chi connectivity index (χ3v) is 5.75. The van der Waals surface area contributed by atoms with Gasteiger partial charge in [-0.1, -0.05) is 18.2 Å². The molecule has 0 saturated carbocycles. The fourth-order valence-corrected chi connectivity index (χ4v) is 4.77. The fourth-order valence-electron chi connectivity index (χ4n) is 2.74. The van der Waals surface area contributed by atoms with Crippen molar-refractivity contribution >= 4 is 50.3 Å². The van der Waals surface area contributed by atoms with Crippen molar-refractivity contribution in [2.75, 3.05) is 13.1 Å². The van der Waals surface area contributed by atoms with E-state index in [9.17, 15) is 0 Å². The summed E-state index contributed by atoms with van der Waals surface area (Å²) in [5.41, 5.74) is 2.59. The normalized spacial score (nSPS) is 18.1. The molecule has 0 aliphatic carbocycles. The molecule has 1 aromatic heterocycles. The van der Waals surface area contributed by atoms with Crippen LogP contribution in [0, 0.1) is 0 Å². The van der Waals surface area contributed by atoms with Crippen LogP contribution in [0.3, 0.4) is 0 Å². The minimum atomic E-state index is 0.311. The molecule has 0 radical (unpaired) electrons. The average Bonchev–Trinajstić information content (AvgIpc) is 3.18. The summed E-state index contributed by atoms with van der Waals surface area (Å²) in [5, 5.41) is 4.72. The molecule has 0 spiro atoms. The first-order chi connectivity index (χ1) is 10.7. The van der Waals surface area contributed by atoms with Crippen molar-refractivity contribution in [2.24, 2.45) is 9.98 Å². The van der Waals surface area contributed by atoms with Crippen LogP contribution in [0.25, 0.3) is 15.8 Å². The van der Waals surface area contributed by atoms with Crippen LogP contribution in [0.5, 0.6) is 0 Å². The Bertz CT molecular complexity index is 814. The predicted octanol–water partition coefficient (Wildman–Crippen LogP) is 4.47. The van der Waals surface area contributed by atoms with E-state index in [0.717, 1.165) is 18.3 Å². The van der Waals surface area contributed by atoms with Crippen LogP contribution in [-0.2, 0) is 0 Å². The Morgan fingerprint density at radius 1 is 1.32 bits per heavy atom. The number of thioether (sulfide) groups is 1. The van der Waals surface area contributed by atoms with E-state index in [1.807, 2.05) is 6.21 Å². The number of aliphatic imine (C=N–C) groups is 2. The quantitative estimate of drug-likeness (QED) is 0.778. The Hall–Kier alpha value is -1.59. The van der Waals surface area contributed by atoms with Crippen molar-refractivity contribution in [3.8, 4) is 0 Å². The zero-order valence-electron chi connectivity index (χ0n) is 12.6. The van der Waals surface area contributed by atoms with Crippen LogP contribution < -0.4 is 0 Å². The van der Waals surface area contributed by atoms with Crippen LogP contribution >= 0.6 is 23.1 Å². The van der Waals surface area contributed by atoms with Crippen molar-refractivity contribution in [1.82, 2.24) is 4.90 Å². The highest BCUT2D eigenvalue weighted by Crippen LogP contribution is 2.44. The third kappa shape index (κ3) is 2.29. The van der Waals surface area contributed by atoms with Crippen molar-refractivity contribution in [1.29, 1.82) is 0 Å². The molecular weight excluding hydrogens is 310 g/mol. The van der Waals surface area contributed by atoms with E-state index in [1.54, 1.807) is 23.1 Å². The van der Waals surface area contributed by atoms with Gasteiger partial charge in [-0.25, -0.2) is 0 Å². The van der Waals surface area contributed by atoms with Gasteiger partial charge in [0.15, 0.2) is 5.17 Å². The van der Waals surface area contributed by atoms with Gasteiger partial charge in [0.05, 0.1) is 17.1 Å². The van der Waals surface area contributed by atoms with Crippen molar-refractivity contribution < 1.29 is 0 Å². The molecule has 1 aromatic carbocycles. The van der Waals surface area contributed by atoms with Crippen LogP contribution in [0.1, 0.15) is 19.4 Å². The average molecular weight is 327 g/mol. The first-order valence-corrected chi connectivity index (χ1v) is 9.17. The Balaban J connectivity index is 1.87. The molecule has 2 aliphatic rings. The monoisotopic (exact) mass is 327 g/mol.